The van der Waals surface area contributed by atoms with Crippen LogP contribution in [0.5, 0.6) is 0 Å². The average Bonchev–Trinajstić information content (AvgIpc) is 2.35. The predicted octanol–water partition coefficient (Wildman–Crippen LogP) is 1.27. The molecule has 108 valence electrons. The first-order chi connectivity index (χ1) is 8.54. The number of carboxylic acids is 2. The van der Waals surface area contributed by atoms with Crippen LogP contribution in [0.3, 0.4) is 0 Å². The molecule has 0 aromatic heterocycles. The fraction of sp³-hybridized carbons (Fsp3) is 0.667. The zero-order chi connectivity index (χ0) is 14.8. The van der Waals surface area contributed by atoms with Crippen LogP contribution in [-0.2, 0) is 9.59 Å². The summed E-state index contributed by atoms with van der Waals surface area (Å²) in [4.78, 5) is 19.8. The van der Waals surface area contributed by atoms with E-state index in [1.807, 2.05) is 0 Å². The lowest BCUT2D eigenvalue weighted by Gasteiger charge is -1.92. The van der Waals surface area contributed by atoms with Crippen LogP contribution < -0.4 is 0 Å². The maximum absolute atomic E-state index is 9.90. The van der Waals surface area contributed by atoms with Crippen molar-refractivity contribution in [3.05, 3.63) is 13.2 Å². The van der Waals surface area contributed by atoms with Gasteiger partial charge in [0.25, 0.3) is 0 Å². The Hall–Kier alpha value is -1.40. The molecule has 0 bridgehead atoms. The summed E-state index contributed by atoms with van der Waals surface area (Å²) in [7, 11) is 0. The van der Waals surface area contributed by atoms with Gasteiger partial charge in [-0.05, 0) is 25.7 Å². The lowest BCUT2D eigenvalue weighted by atomic mass is 10.2. The van der Waals surface area contributed by atoms with E-state index in [-0.39, 0.29) is 26.1 Å². The van der Waals surface area contributed by atoms with Crippen LogP contribution in [-0.4, -0.2) is 45.6 Å². The second kappa shape index (κ2) is 20.9. The molecule has 0 aliphatic carbocycles. The van der Waals surface area contributed by atoms with Gasteiger partial charge in [0.2, 0.25) is 0 Å². The smallest absolute Gasteiger partial charge is 0.303 e. The lowest BCUT2D eigenvalue weighted by Crippen LogP contribution is -1.97. The number of carboxylic acid groups (broad SMARTS) is 2. The highest BCUT2D eigenvalue weighted by Crippen LogP contribution is 1.98. The fourth-order valence-corrected chi connectivity index (χ4v) is 0.776. The Morgan fingerprint density at radius 3 is 1.17 bits per heavy atom. The summed E-state index contributed by atoms with van der Waals surface area (Å²) in [5.74, 6) is -1.74. The Kier molecular flexibility index (Phi) is 25.4. The Labute approximate surface area is 108 Å². The monoisotopic (exact) mass is 264 g/mol. The molecule has 0 amide bonds. The standard InChI is InChI=1S/C6H10O4.C4H10O2.C2H4/c7-5(8)3-1-2-4-6(9)10;5-3-1-2-4-6;1-2/h1-4H2,(H,7,8)(H,9,10);5-6H,1-4H2;1-2H2. The van der Waals surface area contributed by atoms with Gasteiger partial charge in [-0.15, -0.1) is 13.2 Å². The Morgan fingerprint density at radius 2 is 1.00 bits per heavy atom. The molecule has 0 aromatic carbocycles. The first kappa shape index (κ1) is 21.8. The van der Waals surface area contributed by atoms with E-state index in [0.29, 0.717) is 12.8 Å². The number of hydrogen-bond acceptors (Lipinski definition) is 4. The molecule has 0 saturated carbocycles. The van der Waals surface area contributed by atoms with Crippen LogP contribution in [0.4, 0.5) is 0 Å². The molecular formula is C12H24O6. The van der Waals surface area contributed by atoms with E-state index in [2.05, 4.69) is 13.2 Å². The van der Waals surface area contributed by atoms with E-state index in [9.17, 15) is 9.59 Å². The molecule has 6 nitrogen and oxygen atoms in total. The van der Waals surface area contributed by atoms with Gasteiger partial charge in [-0.25, -0.2) is 0 Å². The van der Waals surface area contributed by atoms with Crippen LogP contribution in [0.2, 0.25) is 0 Å². The quantitative estimate of drug-likeness (QED) is 0.387. The molecule has 0 saturated heterocycles. The number of rotatable bonds is 8. The summed E-state index contributed by atoms with van der Waals surface area (Å²) in [5, 5.41) is 32.4. The molecule has 18 heavy (non-hydrogen) atoms. The fourth-order valence-electron chi connectivity index (χ4n) is 0.776. The second-order valence-electron chi connectivity index (χ2n) is 3.15. The summed E-state index contributed by atoms with van der Waals surface area (Å²) in [6.45, 7) is 6.39. The minimum absolute atomic E-state index is 0.0628. The third-order valence-electron chi connectivity index (χ3n) is 1.60. The predicted molar refractivity (Wildman–Crippen MR) is 68.4 cm³/mol. The SMILES string of the molecule is C=C.O=C(O)CCCCC(=O)O.OCCCCO. The van der Waals surface area contributed by atoms with Crippen molar-refractivity contribution in [1.29, 1.82) is 0 Å². The van der Waals surface area contributed by atoms with Crippen molar-refractivity contribution in [3.8, 4) is 0 Å². The number of aliphatic hydroxyl groups excluding tert-OH is 2. The molecule has 0 rings (SSSR count). The summed E-state index contributed by atoms with van der Waals surface area (Å²) < 4.78 is 0. The van der Waals surface area contributed by atoms with Gasteiger partial charge in [0, 0.05) is 26.1 Å². The first-order valence-corrected chi connectivity index (χ1v) is 5.70. The van der Waals surface area contributed by atoms with Gasteiger partial charge in [-0.2, -0.15) is 0 Å². The summed E-state index contributed by atoms with van der Waals surface area (Å²) in [5.41, 5.74) is 0. The van der Waals surface area contributed by atoms with Gasteiger partial charge in [0.05, 0.1) is 0 Å². The second-order valence-corrected chi connectivity index (χ2v) is 3.15. The zero-order valence-electron chi connectivity index (χ0n) is 10.7. The minimum atomic E-state index is -0.870. The lowest BCUT2D eigenvalue weighted by molar-refractivity contribution is -0.139. The van der Waals surface area contributed by atoms with Crippen molar-refractivity contribution in [2.75, 3.05) is 13.2 Å². The van der Waals surface area contributed by atoms with Crippen molar-refractivity contribution in [2.24, 2.45) is 0 Å². The number of unbranched alkanes of at least 4 members (excludes halogenated alkanes) is 2. The zero-order valence-corrected chi connectivity index (χ0v) is 10.7. The molecule has 0 radical (unpaired) electrons. The molecule has 0 unspecified atom stereocenters. The topological polar surface area (TPSA) is 115 Å². The first-order valence-electron chi connectivity index (χ1n) is 5.70. The molecule has 0 atom stereocenters. The molecule has 0 aromatic rings. The Morgan fingerprint density at radius 1 is 0.722 bits per heavy atom. The molecule has 0 aliphatic heterocycles. The highest BCUT2D eigenvalue weighted by molar-refractivity contribution is 5.67. The maximum Gasteiger partial charge on any atom is 0.303 e. The van der Waals surface area contributed by atoms with Crippen LogP contribution in [0.25, 0.3) is 0 Å². The molecule has 6 heteroatoms. The normalized spacial score (nSPS) is 8.33. The van der Waals surface area contributed by atoms with Crippen molar-refractivity contribution in [1.82, 2.24) is 0 Å². The highest BCUT2D eigenvalue weighted by atomic mass is 16.4. The van der Waals surface area contributed by atoms with Crippen LogP contribution in [0.1, 0.15) is 38.5 Å². The van der Waals surface area contributed by atoms with E-state index in [1.165, 1.54) is 0 Å². The average molecular weight is 264 g/mol. The Balaban J connectivity index is -0.000000241. The summed E-state index contributed by atoms with van der Waals surface area (Å²) >= 11 is 0. The summed E-state index contributed by atoms with van der Waals surface area (Å²) in [6, 6.07) is 0. The number of hydrogen-bond donors (Lipinski definition) is 4. The van der Waals surface area contributed by atoms with Crippen LogP contribution in [0.15, 0.2) is 13.2 Å². The van der Waals surface area contributed by atoms with Crippen molar-refractivity contribution < 1.29 is 30.0 Å². The van der Waals surface area contributed by atoms with Gasteiger partial charge in [-0.3, -0.25) is 9.59 Å². The number of aliphatic carboxylic acids is 2. The van der Waals surface area contributed by atoms with Gasteiger partial charge in [0.1, 0.15) is 0 Å². The summed E-state index contributed by atoms with van der Waals surface area (Å²) in [6.07, 6.45) is 2.46. The largest absolute Gasteiger partial charge is 0.481 e. The van der Waals surface area contributed by atoms with Crippen molar-refractivity contribution >= 4 is 11.9 Å². The van der Waals surface area contributed by atoms with Crippen LogP contribution in [0, 0.1) is 0 Å². The minimum Gasteiger partial charge on any atom is -0.481 e. The van der Waals surface area contributed by atoms with Crippen molar-refractivity contribution in [2.45, 2.75) is 38.5 Å². The van der Waals surface area contributed by atoms with E-state index >= 15 is 0 Å². The van der Waals surface area contributed by atoms with Crippen LogP contribution >= 0.6 is 0 Å². The van der Waals surface area contributed by atoms with E-state index in [1.54, 1.807) is 0 Å². The molecule has 0 aliphatic rings. The van der Waals surface area contributed by atoms with E-state index < -0.39 is 11.9 Å². The maximum atomic E-state index is 9.90. The Bertz CT molecular complexity index is 173. The van der Waals surface area contributed by atoms with Gasteiger partial charge in [0.15, 0.2) is 0 Å². The third-order valence-corrected chi connectivity index (χ3v) is 1.60. The van der Waals surface area contributed by atoms with E-state index in [0.717, 1.165) is 12.8 Å². The molecule has 0 spiro atoms. The number of carbonyl (C=O) groups is 2. The molecule has 0 fully saturated rings. The van der Waals surface area contributed by atoms with Gasteiger partial charge >= 0.3 is 11.9 Å². The molecular weight excluding hydrogens is 240 g/mol. The van der Waals surface area contributed by atoms with Gasteiger partial charge < -0.3 is 20.4 Å². The molecule has 4 N–H and O–H groups in total. The van der Waals surface area contributed by atoms with Gasteiger partial charge in [-0.1, -0.05) is 0 Å². The molecule has 0 heterocycles. The highest BCUT2D eigenvalue weighted by Gasteiger charge is 1.99. The third kappa shape index (κ3) is 36.5. The number of aliphatic hydroxyl groups is 2. The van der Waals surface area contributed by atoms with E-state index in [4.69, 9.17) is 20.4 Å². The van der Waals surface area contributed by atoms with Crippen molar-refractivity contribution in [3.63, 3.8) is 0 Å².